The molecule has 0 saturated heterocycles. The minimum Gasteiger partial charge on any atom is -0.459 e. The van der Waals surface area contributed by atoms with E-state index in [9.17, 15) is 14.9 Å². The maximum Gasteiger partial charge on any atom is 0.340 e. The molecule has 0 spiro atoms. The lowest BCUT2D eigenvalue weighted by Gasteiger charge is -2.09. The first-order valence-corrected chi connectivity index (χ1v) is 5.43. The molecule has 0 N–H and O–H groups in total. The van der Waals surface area contributed by atoms with E-state index in [-0.39, 0.29) is 27.4 Å². The highest BCUT2D eigenvalue weighted by Gasteiger charge is 2.21. The molecule has 5 nitrogen and oxygen atoms in total. The third kappa shape index (κ3) is 3.31. The van der Waals surface area contributed by atoms with Gasteiger partial charge in [0, 0.05) is 12.1 Å². The zero-order valence-electron chi connectivity index (χ0n) is 9.07. The summed E-state index contributed by atoms with van der Waals surface area (Å²) in [6, 6.07) is 2.12. The van der Waals surface area contributed by atoms with Crippen LogP contribution in [-0.2, 0) is 4.74 Å². The Balaban J connectivity index is 3.22. The SMILES string of the molecule is CC(C)OC(=O)c1cc([N+](=O)[O-])cc(Cl)c1Cl. The van der Waals surface area contributed by atoms with E-state index in [1.54, 1.807) is 13.8 Å². The van der Waals surface area contributed by atoms with E-state index in [4.69, 9.17) is 27.9 Å². The first-order chi connectivity index (χ1) is 7.82. The highest BCUT2D eigenvalue weighted by molar-refractivity contribution is 6.43. The maximum atomic E-state index is 11.6. The molecule has 0 unspecified atom stereocenters. The lowest BCUT2D eigenvalue weighted by atomic mass is 10.2. The molecule has 0 aliphatic carbocycles. The van der Waals surface area contributed by atoms with E-state index >= 15 is 0 Å². The molecule has 0 amide bonds. The summed E-state index contributed by atoms with van der Waals surface area (Å²) in [5.41, 5.74) is -0.422. The second-order valence-electron chi connectivity index (χ2n) is 3.50. The van der Waals surface area contributed by atoms with E-state index in [1.807, 2.05) is 0 Å². The highest BCUT2D eigenvalue weighted by atomic mass is 35.5. The third-order valence-corrected chi connectivity index (χ3v) is 2.59. The number of carbonyl (C=O) groups excluding carboxylic acids is 1. The van der Waals surface area contributed by atoms with Gasteiger partial charge in [-0.15, -0.1) is 0 Å². The fourth-order valence-corrected chi connectivity index (χ4v) is 1.51. The number of ether oxygens (including phenoxy) is 1. The van der Waals surface area contributed by atoms with Gasteiger partial charge in [0.25, 0.3) is 5.69 Å². The van der Waals surface area contributed by atoms with Gasteiger partial charge in [-0.3, -0.25) is 10.1 Å². The van der Waals surface area contributed by atoms with E-state index in [0.29, 0.717) is 0 Å². The molecular weight excluding hydrogens is 269 g/mol. The van der Waals surface area contributed by atoms with Crippen LogP contribution in [0.2, 0.25) is 10.0 Å². The quantitative estimate of drug-likeness (QED) is 0.482. The van der Waals surface area contributed by atoms with Gasteiger partial charge >= 0.3 is 5.97 Å². The Morgan fingerprint density at radius 3 is 2.47 bits per heavy atom. The van der Waals surface area contributed by atoms with Gasteiger partial charge in [0.05, 0.1) is 26.6 Å². The minimum atomic E-state index is -0.740. The van der Waals surface area contributed by atoms with Gasteiger partial charge in [-0.25, -0.2) is 4.79 Å². The fraction of sp³-hybridized carbons (Fsp3) is 0.300. The molecule has 1 aromatic rings. The Kier molecular flexibility index (Phi) is 4.31. The Bertz CT molecular complexity index is 474. The van der Waals surface area contributed by atoms with Crippen molar-refractivity contribution in [3.8, 4) is 0 Å². The summed E-state index contributed by atoms with van der Waals surface area (Å²) in [6.45, 7) is 3.32. The number of nitro benzene ring substituents is 1. The van der Waals surface area contributed by atoms with Crippen molar-refractivity contribution in [3.63, 3.8) is 0 Å². The van der Waals surface area contributed by atoms with Gasteiger partial charge in [-0.1, -0.05) is 23.2 Å². The Hall–Kier alpha value is -1.33. The molecule has 0 bridgehead atoms. The van der Waals surface area contributed by atoms with Gasteiger partial charge in [0.15, 0.2) is 0 Å². The van der Waals surface area contributed by atoms with Crippen molar-refractivity contribution >= 4 is 34.9 Å². The number of rotatable bonds is 3. The van der Waals surface area contributed by atoms with Crippen LogP contribution in [0.3, 0.4) is 0 Å². The Morgan fingerprint density at radius 1 is 1.41 bits per heavy atom. The van der Waals surface area contributed by atoms with E-state index in [2.05, 4.69) is 0 Å². The van der Waals surface area contributed by atoms with E-state index in [1.165, 1.54) is 0 Å². The molecule has 0 aliphatic heterocycles. The summed E-state index contributed by atoms with van der Waals surface area (Å²) in [5, 5.41) is 10.5. The fourth-order valence-electron chi connectivity index (χ4n) is 1.11. The molecule has 17 heavy (non-hydrogen) atoms. The molecule has 0 fully saturated rings. The summed E-state index contributed by atoms with van der Waals surface area (Å²) in [7, 11) is 0. The second-order valence-corrected chi connectivity index (χ2v) is 4.29. The summed E-state index contributed by atoms with van der Waals surface area (Å²) in [5.74, 6) is -0.740. The zero-order chi connectivity index (χ0) is 13.2. The lowest BCUT2D eigenvalue weighted by molar-refractivity contribution is -0.384. The summed E-state index contributed by atoms with van der Waals surface area (Å²) < 4.78 is 4.90. The monoisotopic (exact) mass is 277 g/mol. The lowest BCUT2D eigenvalue weighted by Crippen LogP contribution is -2.12. The molecule has 0 atom stereocenters. The van der Waals surface area contributed by atoms with Gasteiger partial charge < -0.3 is 4.74 Å². The van der Waals surface area contributed by atoms with E-state index in [0.717, 1.165) is 12.1 Å². The predicted octanol–water partition coefficient (Wildman–Crippen LogP) is 3.47. The van der Waals surface area contributed by atoms with Crippen LogP contribution in [0.15, 0.2) is 12.1 Å². The molecule has 0 heterocycles. The third-order valence-electron chi connectivity index (χ3n) is 1.79. The van der Waals surface area contributed by atoms with Crippen LogP contribution in [0.25, 0.3) is 0 Å². The highest BCUT2D eigenvalue weighted by Crippen LogP contribution is 2.31. The molecule has 0 saturated carbocycles. The molecule has 1 rings (SSSR count). The number of nitrogens with zero attached hydrogens (tertiary/aromatic N) is 1. The standard InChI is InChI=1S/C10H9Cl2NO4/c1-5(2)17-10(14)7-3-6(13(15)16)4-8(11)9(7)12/h3-5H,1-2H3. The van der Waals surface area contributed by atoms with Crippen molar-refractivity contribution in [1.82, 2.24) is 0 Å². The number of carbonyl (C=O) groups is 1. The summed E-state index contributed by atoms with van der Waals surface area (Å²) in [6.07, 6.45) is -0.350. The second kappa shape index (κ2) is 5.33. The van der Waals surface area contributed by atoms with Gasteiger partial charge in [0.1, 0.15) is 0 Å². The molecule has 92 valence electrons. The molecule has 0 aromatic heterocycles. The molecule has 1 aromatic carbocycles. The van der Waals surface area contributed by atoms with Crippen molar-refractivity contribution in [2.24, 2.45) is 0 Å². The van der Waals surface area contributed by atoms with E-state index < -0.39 is 10.9 Å². The predicted molar refractivity (Wildman–Crippen MR) is 63.7 cm³/mol. The molecular formula is C10H9Cl2NO4. The van der Waals surface area contributed by atoms with Crippen LogP contribution in [-0.4, -0.2) is 17.0 Å². The van der Waals surface area contributed by atoms with Crippen molar-refractivity contribution < 1.29 is 14.5 Å². The molecule has 0 aliphatic rings. The number of halogens is 2. The van der Waals surface area contributed by atoms with Crippen LogP contribution in [0.1, 0.15) is 24.2 Å². The van der Waals surface area contributed by atoms with Gasteiger partial charge in [0.2, 0.25) is 0 Å². The number of hydrogen-bond donors (Lipinski definition) is 0. The average molecular weight is 278 g/mol. The molecule has 7 heteroatoms. The summed E-state index contributed by atoms with van der Waals surface area (Å²) >= 11 is 11.5. The van der Waals surface area contributed by atoms with Crippen LogP contribution in [0, 0.1) is 10.1 Å². The first-order valence-electron chi connectivity index (χ1n) is 4.67. The number of nitro groups is 1. The number of benzene rings is 1. The Labute approximate surface area is 107 Å². The number of hydrogen-bond acceptors (Lipinski definition) is 4. The van der Waals surface area contributed by atoms with Crippen LogP contribution in [0.5, 0.6) is 0 Å². The van der Waals surface area contributed by atoms with Gasteiger partial charge in [-0.2, -0.15) is 0 Å². The molecule has 0 radical (unpaired) electrons. The average Bonchev–Trinajstić information content (AvgIpc) is 2.20. The van der Waals surface area contributed by atoms with Crippen molar-refractivity contribution in [2.45, 2.75) is 20.0 Å². The zero-order valence-corrected chi connectivity index (χ0v) is 10.6. The first kappa shape index (κ1) is 13.7. The van der Waals surface area contributed by atoms with Gasteiger partial charge in [-0.05, 0) is 13.8 Å². The summed E-state index contributed by atoms with van der Waals surface area (Å²) in [4.78, 5) is 21.6. The van der Waals surface area contributed by atoms with Crippen molar-refractivity contribution in [3.05, 3.63) is 37.9 Å². The van der Waals surface area contributed by atoms with Crippen LogP contribution in [0.4, 0.5) is 5.69 Å². The van der Waals surface area contributed by atoms with Crippen LogP contribution >= 0.6 is 23.2 Å². The normalized spacial score (nSPS) is 10.4. The smallest absolute Gasteiger partial charge is 0.340 e. The minimum absolute atomic E-state index is 0.0529. The maximum absolute atomic E-state index is 11.6. The number of esters is 1. The topological polar surface area (TPSA) is 69.4 Å². The van der Waals surface area contributed by atoms with Crippen molar-refractivity contribution in [2.75, 3.05) is 0 Å². The van der Waals surface area contributed by atoms with Crippen LogP contribution < -0.4 is 0 Å². The largest absolute Gasteiger partial charge is 0.459 e. The number of non-ortho nitro benzene ring substituents is 1. The van der Waals surface area contributed by atoms with Crippen molar-refractivity contribution in [1.29, 1.82) is 0 Å². The Morgan fingerprint density at radius 2 is 2.00 bits per heavy atom.